The highest BCUT2D eigenvalue weighted by atomic mass is 35.5. The monoisotopic (exact) mass is 387 g/mol. The zero-order valence-corrected chi connectivity index (χ0v) is 16.0. The van der Waals surface area contributed by atoms with Crippen LogP contribution in [0.1, 0.15) is 16.1 Å². The van der Waals surface area contributed by atoms with Gasteiger partial charge in [0.2, 0.25) is 0 Å². The first-order valence-corrected chi connectivity index (χ1v) is 9.28. The van der Waals surface area contributed by atoms with Crippen LogP contribution in [0.15, 0.2) is 84.9 Å². The van der Waals surface area contributed by atoms with Crippen molar-refractivity contribution in [1.82, 2.24) is 9.78 Å². The lowest BCUT2D eigenvalue weighted by molar-refractivity contribution is 0.101. The molecule has 0 aliphatic rings. The molecule has 0 radical (unpaired) electrons. The lowest BCUT2D eigenvalue weighted by atomic mass is 10.1. The first-order valence-electron chi connectivity index (χ1n) is 8.90. The smallest absolute Gasteiger partial charge is 0.274 e. The minimum absolute atomic E-state index is 0.251. The highest BCUT2D eigenvalue weighted by Crippen LogP contribution is 2.24. The van der Waals surface area contributed by atoms with E-state index in [1.54, 1.807) is 16.8 Å². The van der Waals surface area contributed by atoms with Crippen LogP contribution in [0.3, 0.4) is 0 Å². The van der Waals surface area contributed by atoms with Gasteiger partial charge in [0.15, 0.2) is 0 Å². The second-order valence-corrected chi connectivity index (χ2v) is 6.85. The van der Waals surface area contributed by atoms with E-state index < -0.39 is 0 Å². The van der Waals surface area contributed by atoms with Gasteiger partial charge in [-0.05, 0) is 42.8 Å². The van der Waals surface area contributed by atoms with E-state index in [1.807, 2.05) is 79.7 Å². The molecule has 0 saturated carbocycles. The topological polar surface area (TPSA) is 46.9 Å². The highest BCUT2D eigenvalue weighted by molar-refractivity contribution is 6.31. The molecule has 0 aliphatic carbocycles. The summed E-state index contributed by atoms with van der Waals surface area (Å²) in [5.41, 5.74) is 4.54. The van der Waals surface area contributed by atoms with E-state index in [4.69, 9.17) is 11.6 Å². The Bertz CT molecular complexity index is 1120. The predicted molar refractivity (Wildman–Crippen MR) is 113 cm³/mol. The maximum Gasteiger partial charge on any atom is 0.274 e. The van der Waals surface area contributed by atoms with Crippen molar-refractivity contribution in [2.45, 2.75) is 6.92 Å². The maximum atomic E-state index is 13.0. The third kappa shape index (κ3) is 3.68. The van der Waals surface area contributed by atoms with E-state index in [2.05, 4.69) is 10.4 Å². The molecule has 0 aliphatic heterocycles. The largest absolute Gasteiger partial charge is 0.321 e. The predicted octanol–water partition coefficient (Wildman–Crippen LogP) is 5.75. The Labute approximate surface area is 168 Å². The van der Waals surface area contributed by atoms with Gasteiger partial charge >= 0.3 is 0 Å². The van der Waals surface area contributed by atoms with Gasteiger partial charge < -0.3 is 5.32 Å². The van der Waals surface area contributed by atoms with E-state index in [0.717, 1.165) is 22.5 Å². The first-order chi connectivity index (χ1) is 13.6. The summed E-state index contributed by atoms with van der Waals surface area (Å²) in [4.78, 5) is 13.0. The molecule has 0 spiro atoms. The number of aromatic nitrogens is 2. The molecular formula is C23H18ClN3O. The Morgan fingerprint density at radius 2 is 1.61 bits per heavy atom. The van der Waals surface area contributed by atoms with Crippen molar-refractivity contribution in [3.63, 3.8) is 0 Å². The Balaban J connectivity index is 1.75. The molecule has 1 amide bonds. The Kier molecular flexibility index (Phi) is 4.96. The van der Waals surface area contributed by atoms with Gasteiger partial charge in [-0.25, -0.2) is 4.68 Å². The summed E-state index contributed by atoms with van der Waals surface area (Å²) in [6.45, 7) is 1.92. The number of para-hydroxylation sites is 1. The van der Waals surface area contributed by atoms with Crippen LogP contribution in [0.2, 0.25) is 5.02 Å². The van der Waals surface area contributed by atoms with Gasteiger partial charge in [0, 0.05) is 16.3 Å². The first kappa shape index (κ1) is 18.0. The van der Waals surface area contributed by atoms with Crippen LogP contribution >= 0.6 is 11.6 Å². The number of hydrogen-bond acceptors (Lipinski definition) is 2. The lowest BCUT2D eigenvalue weighted by Gasteiger charge is -2.09. The molecule has 0 fully saturated rings. The van der Waals surface area contributed by atoms with Crippen LogP contribution < -0.4 is 5.32 Å². The van der Waals surface area contributed by atoms with Gasteiger partial charge in [-0.3, -0.25) is 4.79 Å². The zero-order chi connectivity index (χ0) is 19.5. The number of nitrogens with one attached hydrogen (secondary N) is 1. The van der Waals surface area contributed by atoms with E-state index in [9.17, 15) is 4.79 Å². The molecular weight excluding hydrogens is 370 g/mol. The number of anilines is 1. The van der Waals surface area contributed by atoms with Crippen molar-refractivity contribution in [2.75, 3.05) is 5.32 Å². The molecule has 1 heterocycles. The number of nitrogens with zero attached hydrogens (tertiary/aromatic N) is 2. The quantitative estimate of drug-likeness (QED) is 0.484. The molecule has 28 heavy (non-hydrogen) atoms. The molecule has 0 bridgehead atoms. The number of aryl methyl sites for hydroxylation is 1. The molecule has 5 heteroatoms. The van der Waals surface area contributed by atoms with Gasteiger partial charge in [-0.2, -0.15) is 5.10 Å². The summed E-state index contributed by atoms with van der Waals surface area (Å²) in [7, 11) is 0. The molecule has 0 saturated heterocycles. The van der Waals surface area contributed by atoms with Crippen LogP contribution in [0.4, 0.5) is 5.69 Å². The van der Waals surface area contributed by atoms with Gasteiger partial charge in [0.25, 0.3) is 5.91 Å². The van der Waals surface area contributed by atoms with Crippen LogP contribution in [-0.4, -0.2) is 15.7 Å². The normalized spacial score (nSPS) is 10.6. The fraction of sp³-hybridized carbons (Fsp3) is 0.0435. The van der Waals surface area contributed by atoms with Crippen LogP contribution in [0, 0.1) is 6.92 Å². The molecule has 0 unspecified atom stereocenters. The van der Waals surface area contributed by atoms with Gasteiger partial charge in [0.1, 0.15) is 5.69 Å². The average Bonchev–Trinajstić information content (AvgIpc) is 3.18. The average molecular weight is 388 g/mol. The van der Waals surface area contributed by atoms with E-state index in [0.29, 0.717) is 16.4 Å². The minimum atomic E-state index is -0.251. The van der Waals surface area contributed by atoms with Gasteiger partial charge in [0.05, 0.1) is 11.4 Å². The summed E-state index contributed by atoms with van der Waals surface area (Å²) in [6, 6.07) is 26.6. The number of halogens is 1. The SMILES string of the molecule is Cc1ccc(NC(=O)c2cc(-c3ccccc3)nn2-c2ccccc2)cc1Cl. The van der Waals surface area contributed by atoms with Crippen molar-refractivity contribution in [3.05, 3.63) is 101 Å². The number of amides is 1. The molecule has 4 nitrogen and oxygen atoms in total. The van der Waals surface area contributed by atoms with Crippen LogP contribution in [0.5, 0.6) is 0 Å². The van der Waals surface area contributed by atoms with Crippen LogP contribution in [0.25, 0.3) is 16.9 Å². The summed E-state index contributed by atoms with van der Waals surface area (Å²) in [5, 5.41) is 8.20. The molecule has 4 aromatic rings. The molecule has 4 rings (SSSR count). The highest BCUT2D eigenvalue weighted by Gasteiger charge is 2.18. The number of hydrogen-bond donors (Lipinski definition) is 1. The molecule has 0 atom stereocenters. The number of rotatable bonds is 4. The summed E-state index contributed by atoms with van der Waals surface area (Å²) in [6.07, 6.45) is 0. The van der Waals surface area contributed by atoms with Crippen molar-refractivity contribution in [1.29, 1.82) is 0 Å². The second kappa shape index (κ2) is 7.71. The third-order valence-electron chi connectivity index (χ3n) is 4.44. The number of carbonyl (C=O) groups is 1. The zero-order valence-electron chi connectivity index (χ0n) is 15.3. The van der Waals surface area contributed by atoms with Crippen molar-refractivity contribution in [2.24, 2.45) is 0 Å². The van der Waals surface area contributed by atoms with Gasteiger partial charge in [-0.15, -0.1) is 0 Å². The Hall–Kier alpha value is -3.37. The van der Waals surface area contributed by atoms with E-state index in [1.165, 1.54) is 0 Å². The van der Waals surface area contributed by atoms with Crippen LogP contribution in [-0.2, 0) is 0 Å². The van der Waals surface area contributed by atoms with E-state index in [-0.39, 0.29) is 5.91 Å². The minimum Gasteiger partial charge on any atom is -0.321 e. The Morgan fingerprint density at radius 3 is 2.29 bits per heavy atom. The summed E-state index contributed by atoms with van der Waals surface area (Å²) < 4.78 is 1.66. The van der Waals surface area contributed by atoms with Gasteiger partial charge in [-0.1, -0.05) is 66.2 Å². The fourth-order valence-corrected chi connectivity index (χ4v) is 3.11. The van der Waals surface area contributed by atoms with Crippen molar-refractivity contribution >= 4 is 23.2 Å². The number of carbonyl (C=O) groups excluding carboxylic acids is 1. The third-order valence-corrected chi connectivity index (χ3v) is 4.85. The standard InChI is InChI=1S/C23H18ClN3O/c1-16-12-13-18(14-20(16)24)25-23(28)22-15-21(17-8-4-2-5-9-17)26-27(22)19-10-6-3-7-11-19/h2-15H,1H3,(H,25,28). The second-order valence-electron chi connectivity index (χ2n) is 6.45. The van der Waals surface area contributed by atoms with Crippen molar-refractivity contribution < 1.29 is 4.79 Å². The lowest BCUT2D eigenvalue weighted by Crippen LogP contribution is -2.17. The molecule has 138 valence electrons. The molecule has 1 aromatic heterocycles. The van der Waals surface area contributed by atoms with E-state index >= 15 is 0 Å². The molecule has 3 aromatic carbocycles. The van der Waals surface area contributed by atoms with Crippen molar-refractivity contribution in [3.8, 4) is 16.9 Å². The Morgan fingerprint density at radius 1 is 0.929 bits per heavy atom. The summed E-state index contributed by atoms with van der Waals surface area (Å²) in [5.74, 6) is -0.251. The molecule has 1 N–H and O–H groups in total. The fourth-order valence-electron chi connectivity index (χ4n) is 2.92. The maximum absolute atomic E-state index is 13.0. The summed E-state index contributed by atoms with van der Waals surface area (Å²) >= 11 is 6.19. The number of benzene rings is 3.